The zero-order chi connectivity index (χ0) is 11.4. The molecule has 84 valence electrons. The van der Waals surface area contributed by atoms with Crippen LogP contribution in [0, 0.1) is 6.92 Å². The van der Waals surface area contributed by atoms with Crippen molar-refractivity contribution in [1.82, 2.24) is 9.78 Å². The summed E-state index contributed by atoms with van der Waals surface area (Å²) in [6, 6.07) is 3.80. The van der Waals surface area contributed by atoms with E-state index >= 15 is 0 Å². The highest BCUT2D eigenvalue weighted by Gasteiger charge is 2.00. The molecular weight excluding hydrogens is 202 g/mol. The van der Waals surface area contributed by atoms with E-state index in [-0.39, 0.29) is 0 Å². The van der Waals surface area contributed by atoms with Gasteiger partial charge in [0.05, 0.1) is 23.8 Å². The first kappa shape index (κ1) is 10.5. The quantitative estimate of drug-likeness (QED) is 0.855. The van der Waals surface area contributed by atoms with Crippen molar-refractivity contribution in [2.45, 2.75) is 6.92 Å². The molecule has 0 atom stereocenters. The van der Waals surface area contributed by atoms with Crippen LogP contribution in [0.3, 0.4) is 0 Å². The highest BCUT2D eigenvalue weighted by molar-refractivity contribution is 5.48. The predicted octanol–water partition coefficient (Wildman–Crippen LogP) is 2.45. The maximum atomic E-state index is 5.18. The third kappa shape index (κ3) is 2.34. The molecule has 0 aromatic carbocycles. The van der Waals surface area contributed by atoms with Gasteiger partial charge in [0, 0.05) is 13.6 Å². The fourth-order valence-corrected chi connectivity index (χ4v) is 1.40. The summed E-state index contributed by atoms with van der Waals surface area (Å²) in [5.41, 5.74) is 2.19. The lowest BCUT2D eigenvalue weighted by Crippen LogP contribution is -2.00. The van der Waals surface area contributed by atoms with Gasteiger partial charge < -0.3 is 9.73 Å². The van der Waals surface area contributed by atoms with Crippen molar-refractivity contribution in [1.29, 1.82) is 0 Å². The lowest BCUT2D eigenvalue weighted by atomic mass is 10.3. The summed E-state index contributed by atoms with van der Waals surface area (Å²) in [6.07, 6.45) is 7.46. The maximum Gasteiger partial charge on any atom is 0.126 e. The molecule has 16 heavy (non-hydrogen) atoms. The molecule has 2 rings (SSSR count). The minimum absolute atomic E-state index is 0.757. The van der Waals surface area contributed by atoms with E-state index < -0.39 is 0 Å². The van der Waals surface area contributed by atoms with Crippen molar-refractivity contribution < 1.29 is 4.42 Å². The van der Waals surface area contributed by atoms with Crippen LogP contribution in [-0.4, -0.2) is 16.3 Å². The van der Waals surface area contributed by atoms with Gasteiger partial charge >= 0.3 is 0 Å². The van der Waals surface area contributed by atoms with Crippen LogP contribution in [0.5, 0.6) is 0 Å². The van der Waals surface area contributed by atoms with Gasteiger partial charge in [-0.05, 0) is 25.1 Å². The summed E-state index contributed by atoms with van der Waals surface area (Å²) in [6.45, 7) is 2.79. The minimum Gasteiger partial charge on any atom is -0.465 e. The SMILES string of the molecule is Cc1c(NC/C=C/c2ccco2)cnn1C. The van der Waals surface area contributed by atoms with Crippen LogP contribution in [0.2, 0.25) is 0 Å². The highest BCUT2D eigenvalue weighted by Crippen LogP contribution is 2.11. The summed E-state index contributed by atoms with van der Waals surface area (Å²) in [7, 11) is 1.93. The summed E-state index contributed by atoms with van der Waals surface area (Å²) in [5.74, 6) is 0.865. The largest absolute Gasteiger partial charge is 0.465 e. The van der Waals surface area contributed by atoms with Crippen molar-refractivity contribution in [3.63, 3.8) is 0 Å². The molecule has 0 spiro atoms. The molecule has 4 heteroatoms. The molecule has 4 nitrogen and oxygen atoms in total. The molecule has 2 aromatic rings. The predicted molar refractivity (Wildman–Crippen MR) is 64.2 cm³/mol. The summed E-state index contributed by atoms with van der Waals surface area (Å²) < 4.78 is 7.03. The Kier molecular flexibility index (Phi) is 3.10. The van der Waals surface area contributed by atoms with Gasteiger partial charge in [-0.3, -0.25) is 4.68 Å². The smallest absolute Gasteiger partial charge is 0.126 e. The van der Waals surface area contributed by atoms with Gasteiger partial charge in [-0.25, -0.2) is 0 Å². The van der Waals surface area contributed by atoms with Crippen LogP contribution in [0.1, 0.15) is 11.5 Å². The molecule has 0 bridgehead atoms. The highest BCUT2D eigenvalue weighted by atomic mass is 16.3. The third-order valence-corrected chi connectivity index (χ3v) is 2.47. The van der Waals surface area contributed by atoms with Crippen molar-refractivity contribution in [2.75, 3.05) is 11.9 Å². The van der Waals surface area contributed by atoms with E-state index in [9.17, 15) is 0 Å². The maximum absolute atomic E-state index is 5.18. The lowest BCUT2D eigenvalue weighted by Gasteiger charge is -2.01. The van der Waals surface area contributed by atoms with E-state index in [4.69, 9.17) is 4.42 Å². The average Bonchev–Trinajstić information content (AvgIpc) is 2.88. The summed E-state index contributed by atoms with van der Waals surface area (Å²) in [4.78, 5) is 0. The van der Waals surface area contributed by atoms with E-state index in [1.54, 1.807) is 6.26 Å². The van der Waals surface area contributed by atoms with Crippen molar-refractivity contribution in [2.24, 2.45) is 7.05 Å². The molecule has 0 radical (unpaired) electrons. The second kappa shape index (κ2) is 4.70. The number of rotatable bonds is 4. The first-order valence-electron chi connectivity index (χ1n) is 5.20. The molecule has 0 aliphatic carbocycles. The molecule has 0 aliphatic rings. The Balaban J connectivity index is 1.87. The Morgan fingerprint density at radius 2 is 2.44 bits per heavy atom. The Labute approximate surface area is 94.6 Å². The standard InChI is InChI=1S/C12H15N3O/c1-10-12(9-14-15(10)2)13-7-3-5-11-6-4-8-16-11/h3-6,8-9,13H,7H2,1-2H3/b5-3+. The molecule has 0 unspecified atom stereocenters. The topological polar surface area (TPSA) is 43.0 Å². The normalized spacial score (nSPS) is 11.1. The second-order valence-corrected chi connectivity index (χ2v) is 3.57. The molecule has 0 fully saturated rings. The van der Waals surface area contributed by atoms with Crippen LogP contribution in [0.4, 0.5) is 5.69 Å². The van der Waals surface area contributed by atoms with Gasteiger partial charge in [-0.15, -0.1) is 0 Å². The number of nitrogens with one attached hydrogen (secondary N) is 1. The number of furan rings is 1. The van der Waals surface area contributed by atoms with Crippen LogP contribution in [0.15, 0.2) is 35.1 Å². The van der Waals surface area contributed by atoms with Gasteiger partial charge in [0.2, 0.25) is 0 Å². The fourth-order valence-electron chi connectivity index (χ4n) is 1.40. The zero-order valence-corrected chi connectivity index (χ0v) is 9.47. The monoisotopic (exact) mass is 217 g/mol. The number of nitrogens with zero attached hydrogens (tertiary/aromatic N) is 2. The Hall–Kier alpha value is -1.97. The Morgan fingerprint density at radius 1 is 1.56 bits per heavy atom. The molecule has 2 heterocycles. The van der Waals surface area contributed by atoms with Crippen LogP contribution in [0.25, 0.3) is 6.08 Å². The van der Waals surface area contributed by atoms with Crippen molar-refractivity contribution >= 4 is 11.8 Å². The van der Waals surface area contributed by atoms with E-state index in [1.165, 1.54) is 0 Å². The van der Waals surface area contributed by atoms with Crippen LogP contribution < -0.4 is 5.32 Å². The van der Waals surface area contributed by atoms with Gasteiger partial charge in [-0.1, -0.05) is 6.08 Å². The minimum atomic E-state index is 0.757. The van der Waals surface area contributed by atoms with Gasteiger partial charge in [0.1, 0.15) is 5.76 Å². The molecule has 0 amide bonds. The van der Waals surface area contributed by atoms with Crippen LogP contribution >= 0.6 is 0 Å². The van der Waals surface area contributed by atoms with Crippen molar-refractivity contribution in [3.05, 3.63) is 42.1 Å². The Bertz CT molecular complexity index is 468. The first-order chi connectivity index (χ1) is 7.77. The van der Waals surface area contributed by atoms with E-state index in [1.807, 2.05) is 49.1 Å². The third-order valence-electron chi connectivity index (χ3n) is 2.47. The molecule has 2 aromatic heterocycles. The van der Waals surface area contributed by atoms with E-state index in [0.29, 0.717) is 0 Å². The fraction of sp³-hybridized carbons (Fsp3) is 0.250. The molecule has 0 aliphatic heterocycles. The van der Waals surface area contributed by atoms with E-state index in [0.717, 1.165) is 23.7 Å². The number of hydrogen-bond acceptors (Lipinski definition) is 3. The molecule has 0 saturated heterocycles. The number of anilines is 1. The zero-order valence-electron chi connectivity index (χ0n) is 9.47. The first-order valence-corrected chi connectivity index (χ1v) is 5.20. The van der Waals surface area contributed by atoms with Gasteiger partial charge in [0.25, 0.3) is 0 Å². The number of aryl methyl sites for hydroxylation is 1. The van der Waals surface area contributed by atoms with E-state index in [2.05, 4.69) is 10.4 Å². The average molecular weight is 217 g/mol. The number of hydrogen-bond donors (Lipinski definition) is 1. The van der Waals surface area contributed by atoms with Crippen LogP contribution in [-0.2, 0) is 7.05 Å². The van der Waals surface area contributed by atoms with Gasteiger partial charge in [-0.2, -0.15) is 5.10 Å². The molecular formula is C12H15N3O. The summed E-state index contributed by atoms with van der Waals surface area (Å²) >= 11 is 0. The second-order valence-electron chi connectivity index (χ2n) is 3.57. The molecule has 0 saturated carbocycles. The summed E-state index contributed by atoms with van der Waals surface area (Å²) in [5, 5.41) is 7.44. The lowest BCUT2D eigenvalue weighted by molar-refractivity contribution is 0.557. The number of aromatic nitrogens is 2. The molecule has 1 N–H and O–H groups in total. The Morgan fingerprint density at radius 3 is 3.06 bits per heavy atom. The van der Waals surface area contributed by atoms with Gasteiger partial charge in [0.15, 0.2) is 0 Å². The van der Waals surface area contributed by atoms with Crippen molar-refractivity contribution in [3.8, 4) is 0 Å².